The van der Waals surface area contributed by atoms with Gasteiger partial charge in [-0.05, 0) is 26.9 Å². The first kappa shape index (κ1) is 18.8. The molecule has 0 aromatic carbocycles. The SMILES string of the molecule is CCCCC(C)(CC)C(=O)CNC(=O)/C=C/CN(C)C. The maximum Gasteiger partial charge on any atom is 0.244 e. The topological polar surface area (TPSA) is 49.4 Å². The third kappa shape index (κ3) is 7.43. The molecule has 0 rings (SSSR count). The predicted molar refractivity (Wildman–Crippen MR) is 83.6 cm³/mol. The van der Waals surface area contributed by atoms with Crippen LogP contribution in [0.3, 0.4) is 0 Å². The molecule has 0 fully saturated rings. The van der Waals surface area contributed by atoms with Crippen LogP contribution in [0, 0.1) is 5.41 Å². The van der Waals surface area contributed by atoms with E-state index in [0.717, 1.165) is 25.7 Å². The lowest BCUT2D eigenvalue weighted by atomic mass is 9.78. The van der Waals surface area contributed by atoms with Gasteiger partial charge in [-0.1, -0.05) is 39.7 Å². The highest BCUT2D eigenvalue weighted by Crippen LogP contribution is 2.28. The Bertz CT molecular complexity index is 337. The van der Waals surface area contributed by atoms with Crippen molar-refractivity contribution in [2.45, 2.75) is 46.5 Å². The molecule has 4 heteroatoms. The molecule has 116 valence electrons. The van der Waals surface area contributed by atoms with Crippen LogP contribution in [0.2, 0.25) is 0 Å². The number of likely N-dealkylation sites (N-methyl/N-ethyl adjacent to an activating group) is 1. The maximum atomic E-state index is 12.2. The number of ketones is 1. The summed E-state index contributed by atoms with van der Waals surface area (Å²) in [5.41, 5.74) is -0.309. The summed E-state index contributed by atoms with van der Waals surface area (Å²) >= 11 is 0. The molecule has 4 nitrogen and oxygen atoms in total. The molecular weight excluding hydrogens is 252 g/mol. The highest BCUT2D eigenvalue weighted by molar-refractivity contribution is 5.93. The summed E-state index contributed by atoms with van der Waals surface area (Å²) in [6.07, 6.45) is 7.12. The van der Waals surface area contributed by atoms with E-state index in [2.05, 4.69) is 12.2 Å². The van der Waals surface area contributed by atoms with Crippen molar-refractivity contribution >= 4 is 11.7 Å². The van der Waals surface area contributed by atoms with Gasteiger partial charge in [0.05, 0.1) is 6.54 Å². The lowest BCUT2D eigenvalue weighted by Gasteiger charge is -2.26. The fourth-order valence-corrected chi connectivity index (χ4v) is 1.89. The fourth-order valence-electron chi connectivity index (χ4n) is 1.89. The molecule has 0 spiro atoms. The molecule has 0 aromatic heterocycles. The van der Waals surface area contributed by atoms with Crippen molar-refractivity contribution in [2.24, 2.45) is 5.41 Å². The van der Waals surface area contributed by atoms with Crippen LogP contribution >= 0.6 is 0 Å². The smallest absolute Gasteiger partial charge is 0.244 e. The maximum absolute atomic E-state index is 12.2. The Balaban J connectivity index is 4.25. The Hall–Kier alpha value is -1.16. The van der Waals surface area contributed by atoms with E-state index in [9.17, 15) is 9.59 Å². The molecule has 1 amide bonds. The molecule has 20 heavy (non-hydrogen) atoms. The summed E-state index contributed by atoms with van der Waals surface area (Å²) in [6, 6.07) is 0. The lowest BCUT2D eigenvalue weighted by molar-refractivity contribution is -0.129. The minimum Gasteiger partial charge on any atom is -0.345 e. The molecule has 0 bridgehead atoms. The van der Waals surface area contributed by atoms with Gasteiger partial charge in [-0.2, -0.15) is 0 Å². The van der Waals surface area contributed by atoms with E-state index in [1.165, 1.54) is 6.08 Å². The molecule has 0 aliphatic carbocycles. The lowest BCUT2D eigenvalue weighted by Crippen LogP contribution is -2.37. The number of nitrogens with one attached hydrogen (secondary N) is 1. The highest BCUT2D eigenvalue weighted by Gasteiger charge is 2.29. The normalized spacial score (nSPS) is 14.5. The van der Waals surface area contributed by atoms with Crippen LogP contribution in [0.1, 0.15) is 46.5 Å². The van der Waals surface area contributed by atoms with Gasteiger partial charge in [0.15, 0.2) is 5.78 Å². The first-order valence-electron chi connectivity index (χ1n) is 7.48. The van der Waals surface area contributed by atoms with E-state index in [-0.39, 0.29) is 23.7 Å². The Morgan fingerprint density at radius 2 is 1.90 bits per heavy atom. The van der Waals surface area contributed by atoms with Crippen molar-refractivity contribution in [3.05, 3.63) is 12.2 Å². The zero-order valence-electron chi connectivity index (χ0n) is 13.7. The number of nitrogens with zero attached hydrogens (tertiary/aromatic N) is 1. The molecule has 0 saturated carbocycles. The molecular formula is C16H30N2O2. The van der Waals surface area contributed by atoms with E-state index in [1.807, 2.05) is 32.8 Å². The number of Topliss-reactive ketones (excluding diaryl/α,β-unsaturated/α-hetero) is 1. The summed E-state index contributed by atoms with van der Waals surface area (Å²) in [4.78, 5) is 25.8. The minimum absolute atomic E-state index is 0.124. The number of amides is 1. The third-order valence-electron chi connectivity index (χ3n) is 3.70. The summed E-state index contributed by atoms with van der Waals surface area (Å²) in [5.74, 6) is -0.0723. The molecule has 0 aliphatic heterocycles. The highest BCUT2D eigenvalue weighted by atomic mass is 16.2. The Morgan fingerprint density at radius 1 is 1.25 bits per heavy atom. The van der Waals surface area contributed by atoms with Gasteiger partial charge < -0.3 is 10.2 Å². The fraction of sp³-hybridized carbons (Fsp3) is 0.750. The molecule has 0 heterocycles. The van der Waals surface area contributed by atoms with Gasteiger partial charge in [0.1, 0.15) is 0 Å². The Kier molecular flexibility index (Phi) is 9.14. The van der Waals surface area contributed by atoms with Crippen LogP contribution < -0.4 is 5.32 Å². The minimum atomic E-state index is -0.309. The van der Waals surface area contributed by atoms with Crippen molar-refractivity contribution in [2.75, 3.05) is 27.2 Å². The van der Waals surface area contributed by atoms with Crippen molar-refractivity contribution in [1.82, 2.24) is 10.2 Å². The molecule has 0 saturated heterocycles. The van der Waals surface area contributed by atoms with Gasteiger partial charge in [0.25, 0.3) is 0 Å². The number of carbonyl (C=O) groups is 2. The average Bonchev–Trinajstić information content (AvgIpc) is 2.41. The van der Waals surface area contributed by atoms with Crippen molar-refractivity contribution < 1.29 is 9.59 Å². The summed E-state index contributed by atoms with van der Waals surface area (Å²) in [5, 5.41) is 2.68. The van der Waals surface area contributed by atoms with Crippen molar-refractivity contribution in [1.29, 1.82) is 0 Å². The number of rotatable bonds is 10. The molecule has 1 atom stereocenters. The van der Waals surface area contributed by atoms with E-state index in [4.69, 9.17) is 0 Å². The van der Waals surface area contributed by atoms with Crippen LogP contribution in [0.5, 0.6) is 0 Å². The van der Waals surface area contributed by atoms with Crippen molar-refractivity contribution in [3.63, 3.8) is 0 Å². The predicted octanol–water partition coefficient (Wildman–Crippen LogP) is 2.40. The van der Waals surface area contributed by atoms with Crippen LogP contribution in [0.4, 0.5) is 0 Å². The molecule has 0 aliphatic rings. The molecule has 0 aromatic rings. The largest absolute Gasteiger partial charge is 0.345 e. The number of hydrogen-bond donors (Lipinski definition) is 1. The van der Waals surface area contributed by atoms with Crippen molar-refractivity contribution in [3.8, 4) is 0 Å². The van der Waals surface area contributed by atoms with Gasteiger partial charge in [0.2, 0.25) is 5.91 Å². The van der Waals surface area contributed by atoms with Gasteiger partial charge in [-0.15, -0.1) is 0 Å². The first-order valence-corrected chi connectivity index (χ1v) is 7.48. The molecule has 1 unspecified atom stereocenters. The van der Waals surface area contributed by atoms with Gasteiger partial charge in [0, 0.05) is 18.0 Å². The third-order valence-corrected chi connectivity index (χ3v) is 3.70. The summed E-state index contributed by atoms with van der Waals surface area (Å²) in [7, 11) is 3.87. The number of carbonyl (C=O) groups excluding carboxylic acids is 2. The van der Waals surface area contributed by atoms with Crippen LogP contribution in [0.25, 0.3) is 0 Å². The molecule has 1 N–H and O–H groups in total. The zero-order valence-corrected chi connectivity index (χ0v) is 13.7. The number of hydrogen-bond acceptors (Lipinski definition) is 3. The van der Waals surface area contributed by atoms with E-state index < -0.39 is 0 Å². The Labute approximate surface area is 123 Å². The van der Waals surface area contributed by atoms with Gasteiger partial charge in [-0.25, -0.2) is 0 Å². The van der Waals surface area contributed by atoms with E-state index in [0.29, 0.717) is 6.54 Å². The monoisotopic (exact) mass is 282 g/mol. The summed E-state index contributed by atoms with van der Waals surface area (Å²) in [6.45, 7) is 6.99. The molecule has 0 radical (unpaired) electrons. The van der Waals surface area contributed by atoms with E-state index >= 15 is 0 Å². The standard InChI is InChI=1S/C16H30N2O2/c1-6-8-11-16(3,7-2)14(19)13-17-15(20)10-9-12-18(4)5/h9-10H,6-8,11-13H2,1-5H3,(H,17,20)/b10-9+. The second-order valence-electron chi connectivity index (χ2n) is 5.82. The number of unbranched alkanes of at least 4 members (excludes halogenated alkanes) is 1. The van der Waals surface area contributed by atoms with Crippen LogP contribution in [0.15, 0.2) is 12.2 Å². The van der Waals surface area contributed by atoms with Crippen LogP contribution in [-0.2, 0) is 9.59 Å². The second kappa shape index (κ2) is 9.70. The summed E-state index contributed by atoms with van der Waals surface area (Å²) < 4.78 is 0. The zero-order chi connectivity index (χ0) is 15.6. The Morgan fingerprint density at radius 3 is 2.40 bits per heavy atom. The van der Waals surface area contributed by atoms with Gasteiger partial charge in [-0.3, -0.25) is 9.59 Å². The average molecular weight is 282 g/mol. The van der Waals surface area contributed by atoms with E-state index in [1.54, 1.807) is 6.08 Å². The van der Waals surface area contributed by atoms with Crippen LogP contribution in [-0.4, -0.2) is 43.8 Å². The quantitative estimate of drug-likeness (QED) is 0.626. The van der Waals surface area contributed by atoms with Gasteiger partial charge >= 0.3 is 0 Å². The first-order chi connectivity index (χ1) is 9.35. The second-order valence-corrected chi connectivity index (χ2v) is 5.82.